The maximum atomic E-state index is 11.8. The van der Waals surface area contributed by atoms with Gasteiger partial charge in [0.15, 0.2) is 0 Å². The zero-order chi connectivity index (χ0) is 17.7. The van der Waals surface area contributed by atoms with E-state index in [1.54, 1.807) is 13.0 Å². The summed E-state index contributed by atoms with van der Waals surface area (Å²) < 4.78 is 32.6. The number of hydrogen-bond donors (Lipinski definition) is 2. The van der Waals surface area contributed by atoms with Crippen molar-refractivity contribution in [3.63, 3.8) is 0 Å². The molecular formula is C16H17NO6S. The number of nitrogens with two attached hydrogens (primary N) is 1. The number of esters is 1. The van der Waals surface area contributed by atoms with E-state index in [1.165, 1.54) is 36.4 Å². The Morgan fingerprint density at radius 3 is 2.38 bits per heavy atom. The fourth-order valence-corrected chi connectivity index (χ4v) is 2.43. The SMILES string of the molecule is Cc1ccc(C(=O)OCCOc2ccc(S(N)(=O)=O)cc2)c(O)c1. The Bertz CT molecular complexity index is 830. The molecule has 0 aromatic heterocycles. The monoisotopic (exact) mass is 351 g/mol. The number of benzene rings is 2. The van der Waals surface area contributed by atoms with Crippen LogP contribution in [0.3, 0.4) is 0 Å². The van der Waals surface area contributed by atoms with E-state index < -0.39 is 16.0 Å². The molecule has 0 unspecified atom stereocenters. The highest BCUT2D eigenvalue weighted by Gasteiger charge is 2.12. The molecule has 0 aliphatic rings. The molecule has 0 heterocycles. The quantitative estimate of drug-likeness (QED) is 0.603. The number of primary sulfonamides is 1. The summed E-state index contributed by atoms with van der Waals surface area (Å²) in [5, 5.41) is 14.7. The van der Waals surface area contributed by atoms with Crippen molar-refractivity contribution in [2.75, 3.05) is 13.2 Å². The highest BCUT2D eigenvalue weighted by molar-refractivity contribution is 7.89. The van der Waals surface area contributed by atoms with Gasteiger partial charge in [-0.1, -0.05) is 6.07 Å². The van der Waals surface area contributed by atoms with E-state index in [1.807, 2.05) is 0 Å². The van der Waals surface area contributed by atoms with Crippen molar-refractivity contribution >= 4 is 16.0 Å². The van der Waals surface area contributed by atoms with Gasteiger partial charge in [-0.25, -0.2) is 18.4 Å². The van der Waals surface area contributed by atoms with E-state index >= 15 is 0 Å². The molecule has 8 heteroatoms. The fraction of sp³-hybridized carbons (Fsp3) is 0.188. The van der Waals surface area contributed by atoms with E-state index in [4.69, 9.17) is 14.6 Å². The number of hydrogen-bond acceptors (Lipinski definition) is 6. The Hall–Kier alpha value is -2.58. The zero-order valence-electron chi connectivity index (χ0n) is 12.9. The van der Waals surface area contributed by atoms with Gasteiger partial charge in [0, 0.05) is 0 Å². The van der Waals surface area contributed by atoms with Crippen molar-refractivity contribution in [1.82, 2.24) is 0 Å². The van der Waals surface area contributed by atoms with Crippen molar-refractivity contribution < 1.29 is 27.8 Å². The molecule has 2 aromatic rings. The molecule has 0 saturated carbocycles. The van der Waals surface area contributed by atoms with Gasteiger partial charge in [-0.05, 0) is 48.9 Å². The summed E-state index contributed by atoms with van der Waals surface area (Å²) in [5.41, 5.74) is 0.911. The standard InChI is InChI=1S/C16H17NO6S/c1-11-2-7-14(15(18)10-11)16(19)23-9-8-22-12-3-5-13(6-4-12)24(17,20)21/h2-7,10,18H,8-9H2,1H3,(H2,17,20,21). The van der Waals surface area contributed by atoms with Crippen LogP contribution in [0.5, 0.6) is 11.5 Å². The summed E-state index contributed by atoms with van der Waals surface area (Å²) in [4.78, 5) is 11.8. The van der Waals surface area contributed by atoms with Crippen LogP contribution in [0.4, 0.5) is 0 Å². The van der Waals surface area contributed by atoms with Gasteiger partial charge in [0.25, 0.3) is 0 Å². The summed E-state index contributed by atoms with van der Waals surface area (Å²) in [5.74, 6) is -0.378. The third-order valence-electron chi connectivity index (χ3n) is 3.11. The lowest BCUT2D eigenvalue weighted by Gasteiger charge is -2.09. The van der Waals surface area contributed by atoms with Crippen LogP contribution in [0, 0.1) is 6.92 Å². The Labute approximate surface area is 139 Å². The molecule has 0 atom stereocenters. The Balaban J connectivity index is 1.83. The lowest BCUT2D eigenvalue weighted by atomic mass is 10.1. The first kappa shape index (κ1) is 17.8. The normalized spacial score (nSPS) is 11.1. The Morgan fingerprint density at radius 1 is 1.12 bits per heavy atom. The predicted molar refractivity (Wildman–Crippen MR) is 86.4 cm³/mol. The van der Waals surface area contributed by atoms with Crippen molar-refractivity contribution in [3.8, 4) is 11.5 Å². The summed E-state index contributed by atoms with van der Waals surface area (Å²) in [6, 6.07) is 10.2. The first-order valence-corrected chi connectivity index (χ1v) is 8.54. The van der Waals surface area contributed by atoms with Crippen molar-refractivity contribution in [2.45, 2.75) is 11.8 Å². The van der Waals surface area contributed by atoms with Gasteiger partial charge in [0.1, 0.15) is 30.3 Å². The highest BCUT2D eigenvalue weighted by atomic mass is 32.2. The van der Waals surface area contributed by atoms with Gasteiger partial charge >= 0.3 is 5.97 Å². The van der Waals surface area contributed by atoms with Crippen LogP contribution in [0.1, 0.15) is 15.9 Å². The number of carbonyl (C=O) groups is 1. The van der Waals surface area contributed by atoms with Crippen LogP contribution in [0.2, 0.25) is 0 Å². The largest absolute Gasteiger partial charge is 0.507 e. The van der Waals surface area contributed by atoms with Crippen LogP contribution in [0.25, 0.3) is 0 Å². The van der Waals surface area contributed by atoms with Crippen molar-refractivity contribution in [1.29, 1.82) is 0 Å². The molecule has 0 amide bonds. The molecule has 24 heavy (non-hydrogen) atoms. The first-order valence-electron chi connectivity index (χ1n) is 7.00. The van der Waals surface area contributed by atoms with E-state index in [-0.39, 0.29) is 29.4 Å². The number of rotatable bonds is 6. The smallest absolute Gasteiger partial charge is 0.342 e. The maximum Gasteiger partial charge on any atom is 0.342 e. The molecule has 3 N–H and O–H groups in total. The number of sulfonamides is 1. The number of ether oxygens (including phenoxy) is 2. The molecule has 0 saturated heterocycles. The number of aryl methyl sites for hydroxylation is 1. The summed E-state index contributed by atoms with van der Waals surface area (Å²) >= 11 is 0. The topological polar surface area (TPSA) is 116 Å². The van der Waals surface area contributed by atoms with E-state index in [9.17, 15) is 18.3 Å². The first-order chi connectivity index (χ1) is 11.3. The van der Waals surface area contributed by atoms with Gasteiger partial charge in [-0.15, -0.1) is 0 Å². The minimum absolute atomic E-state index is 0.0175. The van der Waals surface area contributed by atoms with E-state index in [2.05, 4.69) is 0 Å². The second kappa shape index (κ2) is 7.33. The molecule has 7 nitrogen and oxygen atoms in total. The Kier molecular flexibility index (Phi) is 5.42. The van der Waals surface area contributed by atoms with E-state index in [0.29, 0.717) is 5.75 Å². The van der Waals surface area contributed by atoms with Gasteiger partial charge in [0.05, 0.1) is 4.90 Å². The van der Waals surface area contributed by atoms with Crippen LogP contribution >= 0.6 is 0 Å². The molecule has 0 aliphatic heterocycles. The maximum absolute atomic E-state index is 11.8. The molecular weight excluding hydrogens is 334 g/mol. The van der Waals surface area contributed by atoms with Gasteiger partial charge in [0.2, 0.25) is 10.0 Å². The molecule has 0 aliphatic carbocycles. The van der Waals surface area contributed by atoms with Crippen LogP contribution < -0.4 is 9.88 Å². The minimum atomic E-state index is -3.74. The molecule has 0 radical (unpaired) electrons. The minimum Gasteiger partial charge on any atom is -0.507 e. The average molecular weight is 351 g/mol. The summed E-state index contributed by atoms with van der Waals surface area (Å²) in [7, 11) is -3.74. The average Bonchev–Trinajstić information content (AvgIpc) is 2.51. The molecule has 0 spiro atoms. The fourth-order valence-electron chi connectivity index (χ4n) is 1.91. The number of carbonyl (C=O) groups excluding carboxylic acids is 1. The predicted octanol–water partition coefficient (Wildman–Crippen LogP) is 1.58. The van der Waals surface area contributed by atoms with Gasteiger partial charge in [-0.2, -0.15) is 0 Å². The lowest BCUT2D eigenvalue weighted by Crippen LogP contribution is -2.13. The number of aromatic hydroxyl groups is 1. The van der Waals surface area contributed by atoms with E-state index in [0.717, 1.165) is 5.56 Å². The van der Waals surface area contributed by atoms with Crippen molar-refractivity contribution in [3.05, 3.63) is 53.6 Å². The molecule has 128 valence electrons. The third kappa shape index (κ3) is 4.71. The molecule has 2 aromatic carbocycles. The molecule has 0 bridgehead atoms. The van der Waals surface area contributed by atoms with Gasteiger partial charge in [-0.3, -0.25) is 0 Å². The second-order valence-corrected chi connectivity index (χ2v) is 6.58. The Morgan fingerprint density at radius 2 is 1.79 bits per heavy atom. The zero-order valence-corrected chi connectivity index (χ0v) is 13.7. The van der Waals surface area contributed by atoms with Crippen molar-refractivity contribution in [2.24, 2.45) is 5.14 Å². The third-order valence-corrected chi connectivity index (χ3v) is 4.04. The molecule has 2 rings (SSSR count). The second-order valence-electron chi connectivity index (χ2n) is 5.02. The van der Waals surface area contributed by atoms with Gasteiger partial charge < -0.3 is 14.6 Å². The highest BCUT2D eigenvalue weighted by Crippen LogP contribution is 2.19. The summed E-state index contributed by atoms with van der Waals surface area (Å²) in [6.07, 6.45) is 0. The number of phenolic OH excluding ortho intramolecular Hbond substituents is 1. The summed E-state index contributed by atoms with van der Waals surface area (Å²) in [6.45, 7) is 1.85. The van der Waals surface area contributed by atoms with Crippen LogP contribution in [0.15, 0.2) is 47.4 Å². The lowest BCUT2D eigenvalue weighted by molar-refractivity contribution is 0.0447. The van der Waals surface area contributed by atoms with Crippen LogP contribution in [-0.4, -0.2) is 32.7 Å². The van der Waals surface area contributed by atoms with Crippen LogP contribution in [-0.2, 0) is 14.8 Å². The number of phenols is 1. The molecule has 0 fully saturated rings.